The number of nitrogen functional groups attached to an aromatic ring is 1. The molecule has 0 saturated carbocycles. The van der Waals surface area contributed by atoms with Gasteiger partial charge < -0.3 is 16.4 Å². The highest BCUT2D eigenvalue weighted by molar-refractivity contribution is 6.33. The van der Waals surface area contributed by atoms with Crippen LogP contribution in [0.15, 0.2) is 54.2 Å². The number of nitrogens with two attached hydrogens (primary N) is 1. The molecule has 4 N–H and O–H groups in total. The molecule has 5 nitrogen and oxygen atoms in total. The van der Waals surface area contributed by atoms with Gasteiger partial charge in [-0.25, -0.2) is 0 Å². The molecule has 0 aromatic heterocycles. The van der Waals surface area contributed by atoms with E-state index < -0.39 is 28.9 Å². The molecule has 0 bridgehead atoms. The Morgan fingerprint density at radius 3 is 2.54 bits per heavy atom. The van der Waals surface area contributed by atoms with Crippen LogP contribution in [0.1, 0.15) is 5.56 Å². The topological polar surface area (TPSA) is 90.9 Å². The fourth-order valence-electron chi connectivity index (χ4n) is 1.95. The van der Waals surface area contributed by atoms with Crippen LogP contribution in [-0.4, -0.2) is 5.91 Å². The van der Waals surface area contributed by atoms with Gasteiger partial charge in [0.15, 0.2) is 0 Å². The van der Waals surface area contributed by atoms with Gasteiger partial charge in [-0.05, 0) is 30.3 Å². The molecule has 0 spiro atoms. The highest BCUT2D eigenvalue weighted by Gasteiger charge is 2.33. The number of nitrogens with zero attached hydrogens (tertiary/aromatic N) is 1. The molecular formula is C17H12ClF3N4O. The first kappa shape index (κ1) is 19.1. The third-order valence-corrected chi connectivity index (χ3v) is 3.56. The Bertz CT molecular complexity index is 904. The van der Waals surface area contributed by atoms with Gasteiger partial charge in [0.2, 0.25) is 0 Å². The molecule has 0 aliphatic heterocycles. The Hall–Kier alpha value is -3.18. The van der Waals surface area contributed by atoms with Crippen LogP contribution in [-0.2, 0) is 11.0 Å². The van der Waals surface area contributed by atoms with E-state index in [4.69, 9.17) is 22.6 Å². The Kier molecular flexibility index (Phi) is 5.75. The van der Waals surface area contributed by atoms with E-state index in [1.807, 2.05) is 0 Å². The molecule has 0 atom stereocenters. The van der Waals surface area contributed by atoms with Crippen LogP contribution in [0.2, 0.25) is 5.02 Å². The fourth-order valence-corrected chi connectivity index (χ4v) is 2.13. The zero-order chi connectivity index (χ0) is 19.3. The zero-order valence-electron chi connectivity index (χ0n) is 13.1. The van der Waals surface area contributed by atoms with E-state index in [9.17, 15) is 18.0 Å². The number of para-hydroxylation sites is 1. The standard InChI is InChI=1S/C17H12ClF3N4O/c18-13-7-11(5-6-14(13)23)24-9-10(8-22)16(26)25-15-4-2-1-3-12(15)17(19,20)21/h1-7,9,24H,23H2,(H,25,26)/b10-9-. The van der Waals surface area contributed by atoms with Gasteiger partial charge in [0.25, 0.3) is 5.91 Å². The number of amides is 1. The van der Waals surface area contributed by atoms with Gasteiger partial charge in [-0.3, -0.25) is 4.79 Å². The Labute approximate surface area is 151 Å². The molecule has 1 amide bonds. The van der Waals surface area contributed by atoms with Crippen molar-refractivity contribution in [2.24, 2.45) is 0 Å². The molecule has 0 aliphatic carbocycles. The highest BCUT2D eigenvalue weighted by Crippen LogP contribution is 2.34. The maximum atomic E-state index is 13.0. The van der Waals surface area contributed by atoms with E-state index in [1.165, 1.54) is 24.3 Å². The molecule has 2 aromatic rings. The lowest BCUT2D eigenvalue weighted by molar-refractivity contribution is -0.137. The number of nitriles is 1. The van der Waals surface area contributed by atoms with Gasteiger partial charge in [-0.2, -0.15) is 18.4 Å². The third-order valence-electron chi connectivity index (χ3n) is 3.23. The quantitative estimate of drug-likeness (QED) is 0.416. The van der Waals surface area contributed by atoms with Gasteiger partial charge in [0.1, 0.15) is 11.6 Å². The number of carbonyl (C=O) groups excluding carboxylic acids is 1. The molecular weight excluding hydrogens is 369 g/mol. The summed E-state index contributed by atoms with van der Waals surface area (Å²) in [6.45, 7) is 0. The van der Waals surface area contributed by atoms with Gasteiger partial charge in [-0.15, -0.1) is 0 Å². The number of carbonyl (C=O) groups is 1. The van der Waals surface area contributed by atoms with Gasteiger partial charge in [0.05, 0.1) is 22.0 Å². The number of hydrogen-bond donors (Lipinski definition) is 3. The maximum Gasteiger partial charge on any atom is 0.418 e. The number of hydrogen-bond acceptors (Lipinski definition) is 4. The summed E-state index contributed by atoms with van der Waals surface area (Å²) in [5.74, 6) is -0.988. The minimum Gasteiger partial charge on any atom is -0.398 e. The van der Waals surface area contributed by atoms with Crippen molar-refractivity contribution in [1.29, 1.82) is 5.26 Å². The first-order chi connectivity index (χ1) is 12.2. The second-order valence-electron chi connectivity index (χ2n) is 5.05. The fraction of sp³-hybridized carbons (Fsp3) is 0.0588. The Morgan fingerprint density at radius 1 is 1.23 bits per heavy atom. The molecule has 0 aliphatic rings. The number of benzene rings is 2. The summed E-state index contributed by atoms with van der Waals surface area (Å²) in [5, 5.41) is 14.1. The van der Waals surface area contributed by atoms with Crippen LogP contribution in [0.4, 0.5) is 30.2 Å². The number of alkyl halides is 3. The van der Waals surface area contributed by atoms with E-state index in [0.717, 1.165) is 18.3 Å². The largest absolute Gasteiger partial charge is 0.418 e. The highest BCUT2D eigenvalue weighted by atomic mass is 35.5. The maximum absolute atomic E-state index is 13.0. The summed E-state index contributed by atoms with van der Waals surface area (Å²) in [5.41, 5.74) is 4.49. The summed E-state index contributed by atoms with van der Waals surface area (Å²) in [7, 11) is 0. The second-order valence-corrected chi connectivity index (χ2v) is 5.46. The number of anilines is 3. The lowest BCUT2D eigenvalue weighted by Gasteiger charge is -2.13. The van der Waals surface area contributed by atoms with Crippen LogP contribution >= 0.6 is 11.6 Å². The molecule has 0 unspecified atom stereocenters. The Morgan fingerprint density at radius 2 is 1.92 bits per heavy atom. The average molecular weight is 381 g/mol. The predicted octanol–water partition coefficient (Wildman–Crippen LogP) is 4.40. The van der Waals surface area contributed by atoms with E-state index >= 15 is 0 Å². The van der Waals surface area contributed by atoms with Gasteiger partial charge in [-0.1, -0.05) is 23.7 Å². The number of halogens is 4. The third kappa shape index (κ3) is 4.68. The van der Waals surface area contributed by atoms with Crippen molar-refractivity contribution in [3.8, 4) is 6.07 Å². The minimum atomic E-state index is -4.64. The SMILES string of the molecule is N#C/C(=C/Nc1ccc(N)c(Cl)c1)C(=O)Nc1ccccc1C(F)(F)F. The van der Waals surface area contributed by atoms with Crippen LogP contribution in [0, 0.1) is 11.3 Å². The number of nitrogens with one attached hydrogen (secondary N) is 2. The summed E-state index contributed by atoms with van der Waals surface area (Å²) in [6, 6.07) is 10.6. The van der Waals surface area contributed by atoms with Gasteiger partial charge in [0, 0.05) is 11.9 Å². The summed E-state index contributed by atoms with van der Waals surface area (Å²) < 4.78 is 38.9. The molecule has 9 heteroatoms. The molecule has 2 rings (SSSR count). The van der Waals surface area contributed by atoms with Crippen molar-refractivity contribution < 1.29 is 18.0 Å². The summed E-state index contributed by atoms with van der Waals surface area (Å²) in [6.07, 6.45) is -3.58. The van der Waals surface area contributed by atoms with Crippen molar-refractivity contribution >= 4 is 34.6 Å². The van der Waals surface area contributed by atoms with Crippen molar-refractivity contribution in [2.45, 2.75) is 6.18 Å². The van der Waals surface area contributed by atoms with Crippen molar-refractivity contribution in [3.05, 3.63) is 64.8 Å². The van der Waals surface area contributed by atoms with Crippen molar-refractivity contribution in [1.82, 2.24) is 0 Å². The predicted molar refractivity (Wildman–Crippen MR) is 93.3 cm³/mol. The minimum absolute atomic E-state index is 0.269. The molecule has 0 saturated heterocycles. The second kappa shape index (κ2) is 7.80. The van der Waals surface area contributed by atoms with Crippen molar-refractivity contribution in [2.75, 3.05) is 16.4 Å². The average Bonchev–Trinajstić information content (AvgIpc) is 2.58. The summed E-state index contributed by atoms with van der Waals surface area (Å²) >= 11 is 5.86. The number of rotatable bonds is 4. The first-order valence-corrected chi connectivity index (χ1v) is 7.49. The molecule has 0 heterocycles. The smallest absolute Gasteiger partial charge is 0.398 e. The van der Waals surface area contributed by atoms with E-state index in [-0.39, 0.29) is 5.02 Å². The first-order valence-electron chi connectivity index (χ1n) is 7.12. The molecule has 0 fully saturated rings. The van der Waals surface area contributed by atoms with Crippen LogP contribution in [0.25, 0.3) is 0 Å². The van der Waals surface area contributed by atoms with Crippen LogP contribution in [0.3, 0.4) is 0 Å². The molecule has 2 aromatic carbocycles. The monoisotopic (exact) mass is 380 g/mol. The van der Waals surface area contributed by atoms with E-state index in [0.29, 0.717) is 11.4 Å². The molecule has 134 valence electrons. The molecule has 26 heavy (non-hydrogen) atoms. The van der Waals surface area contributed by atoms with Crippen molar-refractivity contribution in [3.63, 3.8) is 0 Å². The summed E-state index contributed by atoms with van der Waals surface area (Å²) in [4.78, 5) is 12.1. The van der Waals surface area contributed by atoms with E-state index in [2.05, 4.69) is 10.6 Å². The van der Waals surface area contributed by atoms with Crippen LogP contribution < -0.4 is 16.4 Å². The lowest BCUT2D eigenvalue weighted by atomic mass is 10.1. The normalized spacial score (nSPS) is 11.6. The lowest BCUT2D eigenvalue weighted by Crippen LogP contribution is -2.18. The van der Waals surface area contributed by atoms with Gasteiger partial charge >= 0.3 is 6.18 Å². The Balaban J connectivity index is 2.19. The van der Waals surface area contributed by atoms with E-state index in [1.54, 1.807) is 12.1 Å². The zero-order valence-corrected chi connectivity index (χ0v) is 13.8. The molecule has 0 radical (unpaired) electrons. The van der Waals surface area contributed by atoms with Crippen LogP contribution in [0.5, 0.6) is 0 Å².